The number of carbonyl (C=O) groups is 1. The van der Waals surface area contributed by atoms with E-state index in [-0.39, 0.29) is 18.8 Å². The van der Waals surface area contributed by atoms with E-state index >= 15 is 0 Å². The Morgan fingerprint density at radius 3 is 2.69 bits per heavy atom. The molecule has 1 aliphatic rings. The van der Waals surface area contributed by atoms with Crippen molar-refractivity contribution in [3.63, 3.8) is 0 Å². The smallest absolute Gasteiger partial charge is 0.408 e. The lowest BCUT2D eigenvalue weighted by Crippen LogP contribution is -2.48. The van der Waals surface area contributed by atoms with Crippen molar-refractivity contribution in [3.05, 3.63) is 0 Å². The van der Waals surface area contributed by atoms with Crippen LogP contribution in [0.4, 0.5) is 4.79 Å². The van der Waals surface area contributed by atoms with Crippen LogP contribution in [0.5, 0.6) is 0 Å². The minimum atomic E-state index is -0.655. The van der Waals surface area contributed by atoms with Crippen LogP contribution in [0.2, 0.25) is 0 Å². The number of alkyl carbamates (subject to hydrolysis) is 1. The van der Waals surface area contributed by atoms with Gasteiger partial charge in [0.25, 0.3) is 0 Å². The Morgan fingerprint density at radius 1 is 1.56 bits per heavy atom. The number of amides is 1. The van der Waals surface area contributed by atoms with Gasteiger partial charge in [0.15, 0.2) is 0 Å². The second-order valence-corrected chi connectivity index (χ2v) is 5.02. The van der Waals surface area contributed by atoms with Gasteiger partial charge >= 0.3 is 6.09 Å². The van der Waals surface area contributed by atoms with Crippen molar-refractivity contribution >= 4 is 6.09 Å². The standard InChI is InChI=1S/C11H21NO4/c1-5-8-9(7(13)6-15-8)12-10(14)16-11(2,3)4/h7-9,13H,5-6H2,1-4H3,(H,12,14)/t7?,8-,9-/m0/s1. The maximum atomic E-state index is 11.5. The van der Waals surface area contributed by atoms with Crippen LogP contribution in [0, 0.1) is 0 Å². The molecule has 5 nitrogen and oxygen atoms in total. The summed E-state index contributed by atoms with van der Waals surface area (Å²) in [6.45, 7) is 7.60. The number of hydrogen-bond acceptors (Lipinski definition) is 4. The van der Waals surface area contributed by atoms with Crippen LogP contribution in [0.1, 0.15) is 34.1 Å². The molecule has 94 valence electrons. The molecule has 1 heterocycles. The van der Waals surface area contributed by atoms with E-state index in [9.17, 15) is 9.90 Å². The molecule has 5 heteroatoms. The van der Waals surface area contributed by atoms with Crippen molar-refractivity contribution in [2.24, 2.45) is 0 Å². The summed E-state index contributed by atoms with van der Waals surface area (Å²) in [5.41, 5.74) is -0.532. The number of nitrogens with one attached hydrogen (secondary N) is 1. The Labute approximate surface area is 96.1 Å². The number of ether oxygens (including phenoxy) is 2. The van der Waals surface area contributed by atoms with E-state index in [1.54, 1.807) is 20.8 Å². The molecule has 16 heavy (non-hydrogen) atoms. The fraction of sp³-hybridized carbons (Fsp3) is 0.909. The van der Waals surface area contributed by atoms with E-state index in [4.69, 9.17) is 9.47 Å². The molecule has 0 spiro atoms. The predicted octanol–water partition coefficient (Wildman–Crippen LogP) is 1.05. The predicted molar refractivity (Wildman–Crippen MR) is 59.2 cm³/mol. The zero-order chi connectivity index (χ0) is 12.3. The molecule has 3 atom stereocenters. The van der Waals surface area contributed by atoms with Crippen molar-refractivity contribution in [2.75, 3.05) is 6.61 Å². The molecule has 0 radical (unpaired) electrons. The summed E-state index contributed by atoms with van der Waals surface area (Å²) in [4.78, 5) is 11.5. The highest BCUT2D eigenvalue weighted by Gasteiger charge is 2.36. The molecule has 1 rings (SSSR count). The molecule has 1 fully saturated rings. The van der Waals surface area contributed by atoms with Gasteiger partial charge in [0, 0.05) is 0 Å². The van der Waals surface area contributed by atoms with Gasteiger partial charge in [-0.1, -0.05) is 6.92 Å². The average molecular weight is 231 g/mol. The van der Waals surface area contributed by atoms with Crippen molar-refractivity contribution in [3.8, 4) is 0 Å². The Balaban J connectivity index is 2.49. The lowest BCUT2D eigenvalue weighted by atomic mass is 10.1. The van der Waals surface area contributed by atoms with E-state index < -0.39 is 17.8 Å². The second-order valence-electron chi connectivity index (χ2n) is 5.02. The summed E-state index contributed by atoms with van der Waals surface area (Å²) < 4.78 is 10.5. The number of aliphatic hydroxyl groups excluding tert-OH is 1. The molecule has 0 aliphatic carbocycles. The lowest BCUT2D eigenvalue weighted by Gasteiger charge is -2.24. The van der Waals surface area contributed by atoms with Gasteiger partial charge in [-0.3, -0.25) is 0 Å². The lowest BCUT2D eigenvalue weighted by molar-refractivity contribution is 0.0425. The highest BCUT2D eigenvalue weighted by molar-refractivity contribution is 5.68. The minimum Gasteiger partial charge on any atom is -0.444 e. The van der Waals surface area contributed by atoms with Crippen LogP contribution >= 0.6 is 0 Å². The summed E-state index contributed by atoms with van der Waals surface area (Å²) in [6, 6.07) is -0.375. The quantitative estimate of drug-likeness (QED) is 0.745. The number of carbonyl (C=O) groups excluding carboxylic acids is 1. The summed E-state index contributed by atoms with van der Waals surface area (Å²) in [7, 11) is 0. The molecule has 0 bridgehead atoms. The van der Waals surface area contributed by atoms with Gasteiger partial charge in [-0.2, -0.15) is 0 Å². The molecular weight excluding hydrogens is 210 g/mol. The molecule has 1 amide bonds. The molecule has 0 aromatic heterocycles. The first-order valence-electron chi connectivity index (χ1n) is 5.62. The number of aliphatic hydroxyl groups is 1. The van der Waals surface area contributed by atoms with Gasteiger partial charge in [0.2, 0.25) is 0 Å². The molecule has 2 N–H and O–H groups in total. The van der Waals surface area contributed by atoms with Crippen molar-refractivity contribution in [1.82, 2.24) is 5.32 Å². The molecule has 1 unspecified atom stereocenters. The average Bonchev–Trinajstić information content (AvgIpc) is 2.44. The van der Waals surface area contributed by atoms with E-state index in [0.717, 1.165) is 6.42 Å². The fourth-order valence-corrected chi connectivity index (χ4v) is 1.68. The highest BCUT2D eigenvalue weighted by atomic mass is 16.6. The molecule has 0 aromatic carbocycles. The van der Waals surface area contributed by atoms with Crippen LogP contribution in [0.15, 0.2) is 0 Å². The van der Waals surface area contributed by atoms with Crippen molar-refractivity contribution in [2.45, 2.75) is 58.0 Å². The van der Waals surface area contributed by atoms with Crippen molar-refractivity contribution in [1.29, 1.82) is 0 Å². The zero-order valence-corrected chi connectivity index (χ0v) is 10.3. The Bertz CT molecular complexity index is 249. The molecule has 1 saturated heterocycles. The highest BCUT2D eigenvalue weighted by Crippen LogP contribution is 2.18. The topological polar surface area (TPSA) is 67.8 Å². The first-order valence-corrected chi connectivity index (χ1v) is 5.62. The van der Waals surface area contributed by atoms with Crippen LogP contribution < -0.4 is 5.32 Å². The van der Waals surface area contributed by atoms with Gasteiger partial charge < -0.3 is 19.9 Å². The molecule has 0 saturated carbocycles. The summed E-state index contributed by atoms with van der Waals surface area (Å²) in [5.74, 6) is 0. The normalized spacial score (nSPS) is 30.2. The van der Waals surface area contributed by atoms with E-state index in [0.29, 0.717) is 0 Å². The monoisotopic (exact) mass is 231 g/mol. The molecular formula is C11H21NO4. The van der Waals surface area contributed by atoms with Crippen LogP contribution in [0.3, 0.4) is 0 Å². The summed E-state index contributed by atoms with van der Waals surface area (Å²) >= 11 is 0. The van der Waals surface area contributed by atoms with Gasteiger partial charge in [-0.15, -0.1) is 0 Å². The largest absolute Gasteiger partial charge is 0.444 e. The second kappa shape index (κ2) is 5.01. The maximum absolute atomic E-state index is 11.5. The third kappa shape index (κ3) is 3.64. The Hall–Kier alpha value is -0.810. The minimum absolute atomic E-state index is 0.137. The van der Waals surface area contributed by atoms with Gasteiger partial charge in [-0.25, -0.2) is 4.79 Å². The molecule has 1 aliphatic heterocycles. The van der Waals surface area contributed by atoms with Gasteiger partial charge in [0.05, 0.1) is 18.8 Å². The number of hydrogen-bond donors (Lipinski definition) is 2. The Morgan fingerprint density at radius 2 is 2.19 bits per heavy atom. The van der Waals surface area contributed by atoms with Crippen LogP contribution in [-0.2, 0) is 9.47 Å². The zero-order valence-electron chi connectivity index (χ0n) is 10.3. The number of rotatable bonds is 2. The van der Waals surface area contributed by atoms with Gasteiger partial charge in [0.1, 0.15) is 11.7 Å². The van der Waals surface area contributed by atoms with E-state index in [2.05, 4.69) is 5.32 Å². The first-order chi connectivity index (χ1) is 7.33. The van der Waals surface area contributed by atoms with Gasteiger partial charge in [-0.05, 0) is 27.2 Å². The summed E-state index contributed by atoms with van der Waals surface area (Å²) in [5, 5.41) is 12.3. The third-order valence-corrected chi connectivity index (χ3v) is 2.38. The fourth-order valence-electron chi connectivity index (χ4n) is 1.68. The summed E-state index contributed by atoms with van der Waals surface area (Å²) in [6.07, 6.45) is -0.558. The maximum Gasteiger partial charge on any atom is 0.408 e. The third-order valence-electron chi connectivity index (χ3n) is 2.38. The van der Waals surface area contributed by atoms with E-state index in [1.807, 2.05) is 6.92 Å². The van der Waals surface area contributed by atoms with Crippen molar-refractivity contribution < 1.29 is 19.4 Å². The molecule has 0 aromatic rings. The first kappa shape index (κ1) is 13.3. The Kier molecular flexibility index (Phi) is 4.15. The SMILES string of the molecule is CC[C@@H]1OCC(O)[C@@H]1NC(=O)OC(C)(C)C. The van der Waals surface area contributed by atoms with Crippen LogP contribution in [0.25, 0.3) is 0 Å². The van der Waals surface area contributed by atoms with E-state index in [1.165, 1.54) is 0 Å². The van der Waals surface area contributed by atoms with Crippen LogP contribution in [-0.4, -0.2) is 41.7 Å².